The van der Waals surface area contributed by atoms with E-state index in [0.717, 1.165) is 96.6 Å². The number of piperazine rings is 1. The van der Waals surface area contributed by atoms with E-state index in [4.69, 9.17) is 14.5 Å². The van der Waals surface area contributed by atoms with Crippen molar-refractivity contribution in [2.24, 2.45) is 4.99 Å². The van der Waals surface area contributed by atoms with Crippen molar-refractivity contribution in [1.29, 1.82) is 0 Å². The molecule has 0 saturated carbocycles. The highest BCUT2D eigenvalue weighted by Crippen LogP contribution is 2.16. The summed E-state index contributed by atoms with van der Waals surface area (Å²) < 4.78 is 11.0. The molecular formula is C23H40N6O2. The minimum Gasteiger partial charge on any atom is -0.385 e. The third-order valence-electron chi connectivity index (χ3n) is 6.20. The number of ether oxygens (including phenoxy) is 2. The fourth-order valence-corrected chi connectivity index (χ4v) is 4.20. The molecule has 0 aromatic carbocycles. The number of nitrogens with zero attached hydrogens (tertiary/aromatic N) is 5. The van der Waals surface area contributed by atoms with Crippen LogP contribution in [0.1, 0.15) is 31.7 Å². The Kier molecular flexibility index (Phi) is 9.84. The smallest absolute Gasteiger partial charge is 0.193 e. The Bertz CT molecular complexity index is 653. The summed E-state index contributed by atoms with van der Waals surface area (Å²) in [6.45, 7) is 11.9. The zero-order valence-electron chi connectivity index (χ0n) is 19.6. The van der Waals surface area contributed by atoms with Crippen LogP contribution in [0, 0.1) is 0 Å². The van der Waals surface area contributed by atoms with E-state index in [1.165, 1.54) is 5.56 Å². The lowest BCUT2D eigenvalue weighted by Crippen LogP contribution is -2.47. The van der Waals surface area contributed by atoms with Gasteiger partial charge in [-0.3, -0.25) is 4.99 Å². The molecule has 0 bridgehead atoms. The molecule has 8 nitrogen and oxygen atoms in total. The zero-order valence-corrected chi connectivity index (χ0v) is 19.6. The van der Waals surface area contributed by atoms with Crippen LogP contribution in [0.2, 0.25) is 0 Å². The lowest BCUT2D eigenvalue weighted by molar-refractivity contribution is 0.00989. The van der Waals surface area contributed by atoms with Crippen LogP contribution in [0.25, 0.3) is 0 Å². The van der Waals surface area contributed by atoms with Gasteiger partial charge in [-0.25, -0.2) is 4.98 Å². The summed E-state index contributed by atoms with van der Waals surface area (Å²) in [6.07, 6.45) is 5.37. The van der Waals surface area contributed by atoms with Gasteiger partial charge in [0.1, 0.15) is 5.82 Å². The minimum atomic E-state index is 0.349. The molecule has 3 rings (SSSR count). The molecule has 0 unspecified atom stereocenters. The molecular weight excluding hydrogens is 392 g/mol. The molecule has 0 spiro atoms. The first-order valence-corrected chi connectivity index (χ1v) is 11.7. The number of hydrogen-bond acceptors (Lipinski definition) is 6. The second kappa shape index (κ2) is 12.8. The van der Waals surface area contributed by atoms with Gasteiger partial charge in [-0.1, -0.05) is 13.0 Å². The van der Waals surface area contributed by atoms with Crippen LogP contribution >= 0.6 is 0 Å². The fourth-order valence-electron chi connectivity index (χ4n) is 4.20. The van der Waals surface area contributed by atoms with Crippen molar-refractivity contribution in [3.63, 3.8) is 0 Å². The van der Waals surface area contributed by atoms with Gasteiger partial charge >= 0.3 is 0 Å². The van der Waals surface area contributed by atoms with E-state index in [-0.39, 0.29) is 0 Å². The number of aliphatic imine (C=N–C) groups is 1. The van der Waals surface area contributed by atoms with Gasteiger partial charge < -0.3 is 29.5 Å². The van der Waals surface area contributed by atoms with Crippen molar-refractivity contribution in [3.05, 3.63) is 23.9 Å². The largest absolute Gasteiger partial charge is 0.385 e. The number of aromatic nitrogens is 1. The number of nitrogens with one attached hydrogen (secondary N) is 1. The number of anilines is 1. The molecule has 174 valence electrons. The van der Waals surface area contributed by atoms with Crippen LogP contribution in [-0.4, -0.2) is 100 Å². The third-order valence-corrected chi connectivity index (χ3v) is 6.20. The molecule has 0 atom stereocenters. The summed E-state index contributed by atoms with van der Waals surface area (Å²) in [5.74, 6) is 2.04. The Balaban J connectivity index is 1.40. The molecule has 8 heteroatoms. The topological polar surface area (TPSA) is 65.5 Å². The molecule has 1 aromatic rings. The van der Waals surface area contributed by atoms with Crippen molar-refractivity contribution in [1.82, 2.24) is 20.1 Å². The number of methoxy groups -OCH3 is 1. The maximum absolute atomic E-state index is 5.97. The average Bonchev–Trinajstić information content (AvgIpc) is 2.83. The first kappa shape index (κ1) is 23.8. The summed E-state index contributed by atoms with van der Waals surface area (Å²) in [5, 5.41) is 3.50. The molecule has 0 amide bonds. The number of guanidine groups is 1. The predicted molar refractivity (Wildman–Crippen MR) is 126 cm³/mol. The first-order valence-electron chi connectivity index (χ1n) is 11.7. The highest BCUT2D eigenvalue weighted by atomic mass is 16.5. The van der Waals surface area contributed by atoms with Crippen LogP contribution in [0.5, 0.6) is 0 Å². The summed E-state index contributed by atoms with van der Waals surface area (Å²) in [5.41, 5.74) is 1.17. The molecule has 2 saturated heterocycles. The predicted octanol–water partition coefficient (Wildman–Crippen LogP) is 1.82. The van der Waals surface area contributed by atoms with E-state index < -0.39 is 0 Å². The second-order valence-corrected chi connectivity index (χ2v) is 8.25. The number of pyridine rings is 1. The van der Waals surface area contributed by atoms with E-state index in [1.54, 1.807) is 7.11 Å². The van der Waals surface area contributed by atoms with Gasteiger partial charge in [-0.2, -0.15) is 0 Å². The lowest BCUT2D eigenvalue weighted by Gasteiger charge is -2.35. The van der Waals surface area contributed by atoms with E-state index in [1.807, 2.05) is 13.2 Å². The highest BCUT2D eigenvalue weighted by Gasteiger charge is 2.22. The van der Waals surface area contributed by atoms with Gasteiger partial charge in [0.2, 0.25) is 0 Å². The first-order chi connectivity index (χ1) is 15.2. The number of hydrogen-bond donors (Lipinski definition) is 1. The van der Waals surface area contributed by atoms with Gasteiger partial charge in [-0.15, -0.1) is 0 Å². The van der Waals surface area contributed by atoms with Gasteiger partial charge in [0.15, 0.2) is 5.96 Å². The third kappa shape index (κ3) is 7.33. The molecule has 2 fully saturated rings. The Labute approximate surface area is 187 Å². The van der Waals surface area contributed by atoms with E-state index in [9.17, 15) is 0 Å². The lowest BCUT2D eigenvalue weighted by atomic mass is 10.1. The monoisotopic (exact) mass is 432 g/mol. The maximum Gasteiger partial charge on any atom is 0.193 e. The SMILES string of the molecule is CCN1CCN(c2ccc(CNC(=NC)N3CCC(OCCCOC)CC3)cn2)CC1. The van der Waals surface area contributed by atoms with Crippen molar-refractivity contribution < 1.29 is 9.47 Å². The Morgan fingerprint density at radius 3 is 2.52 bits per heavy atom. The van der Waals surface area contributed by atoms with Crippen molar-refractivity contribution >= 4 is 11.8 Å². The minimum absolute atomic E-state index is 0.349. The quantitative estimate of drug-likeness (QED) is 0.363. The van der Waals surface area contributed by atoms with Crippen molar-refractivity contribution in [2.75, 3.05) is 78.1 Å². The van der Waals surface area contributed by atoms with Crippen LogP contribution in [0.3, 0.4) is 0 Å². The second-order valence-electron chi connectivity index (χ2n) is 8.25. The van der Waals surface area contributed by atoms with Crippen LogP contribution in [0.4, 0.5) is 5.82 Å². The normalized spacial score (nSPS) is 19.1. The maximum atomic E-state index is 5.97. The molecule has 2 aliphatic heterocycles. The molecule has 1 N–H and O–H groups in total. The number of likely N-dealkylation sites (tertiary alicyclic amines) is 1. The van der Waals surface area contributed by atoms with Gasteiger partial charge in [-0.05, 0) is 37.4 Å². The summed E-state index contributed by atoms with van der Waals surface area (Å²) >= 11 is 0. The van der Waals surface area contributed by atoms with E-state index >= 15 is 0 Å². The van der Waals surface area contributed by atoms with Gasteiger partial charge in [0.05, 0.1) is 6.10 Å². The molecule has 1 aromatic heterocycles. The number of piperidine rings is 1. The number of rotatable bonds is 9. The van der Waals surface area contributed by atoms with Crippen molar-refractivity contribution in [3.8, 4) is 0 Å². The zero-order chi connectivity index (χ0) is 21.9. The van der Waals surface area contributed by atoms with Crippen LogP contribution in [-0.2, 0) is 16.0 Å². The summed E-state index contributed by atoms with van der Waals surface area (Å²) in [4.78, 5) is 16.4. The van der Waals surface area contributed by atoms with E-state index in [0.29, 0.717) is 6.10 Å². The molecule has 0 radical (unpaired) electrons. The average molecular weight is 433 g/mol. The summed E-state index contributed by atoms with van der Waals surface area (Å²) in [7, 11) is 3.59. The Morgan fingerprint density at radius 1 is 1.13 bits per heavy atom. The van der Waals surface area contributed by atoms with E-state index in [2.05, 4.69) is 44.1 Å². The van der Waals surface area contributed by atoms with Crippen molar-refractivity contribution in [2.45, 2.75) is 38.8 Å². The van der Waals surface area contributed by atoms with Crippen LogP contribution in [0.15, 0.2) is 23.3 Å². The molecule has 0 aliphatic carbocycles. The molecule has 31 heavy (non-hydrogen) atoms. The molecule has 3 heterocycles. The van der Waals surface area contributed by atoms with Crippen LogP contribution < -0.4 is 10.2 Å². The summed E-state index contributed by atoms with van der Waals surface area (Å²) in [6, 6.07) is 4.32. The molecule has 2 aliphatic rings. The number of likely N-dealkylation sites (N-methyl/N-ethyl adjacent to an activating group) is 1. The Hall–Kier alpha value is -1.90. The van der Waals surface area contributed by atoms with Gasteiger partial charge in [0, 0.05) is 79.4 Å². The fraction of sp³-hybridized carbons (Fsp3) is 0.739. The highest BCUT2D eigenvalue weighted by molar-refractivity contribution is 5.79. The standard InChI is InChI=1S/C23H40N6O2/c1-4-27-12-14-28(15-13-27)22-7-6-20(18-25-22)19-26-23(24-2)29-10-8-21(9-11-29)31-17-5-16-30-3/h6-7,18,21H,4-5,8-17,19H2,1-3H3,(H,24,26). The van der Waals surface area contributed by atoms with Gasteiger partial charge in [0.25, 0.3) is 0 Å². The Morgan fingerprint density at radius 2 is 1.90 bits per heavy atom.